The summed E-state index contributed by atoms with van der Waals surface area (Å²) in [5.74, 6) is 1.66. The molecule has 39 heavy (non-hydrogen) atoms. The van der Waals surface area contributed by atoms with Crippen molar-refractivity contribution in [1.29, 1.82) is 0 Å². The van der Waals surface area contributed by atoms with Crippen LogP contribution in [0.3, 0.4) is 0 Å². The molecule has 0 aliphatic carbocycles. The minimum Gasteiger partial charge on any atom is -0.494 e. The van der Waals surface area contributed by atoms with Gasteiger partial charge in [0.2, 0.25) is 17.8 Å². The van der Waals surface area contributed by atoms with Gasteiger partial charge in [0, 0.05) is 31.6 Å². The Morgan fingerprint density at radius 1 is 1.18 bits per heavy atom. The molecule has 12 heteroatoms. The number of hydrogen-bond donors (Lipinski definition) is 2. The molecule has 0 fully saturated rings. The number of anilines is 5. The van der Waals surface area contributed by atoms with Crippen molar-refractivity contribution in [2.24, 2.45) is 4.99 Å². The molecule has 2 amide bonds. The SMILES string of the molecule is C=CC(=O)Nc1cccc(N2C3=NCCN3C(=O)c3cnc(Nc4ccc(OCCOC)cc4OC)nc32)c1. The number of aliphatic imine (C=N–C) groups is 1. The molecular formula is C27H27N7O5. The normalized spacial score (nSPS) is 13.8. The van der Waals surface area contributed by atoms with E-state index in [0.717, 1.165) is 0 Å². The average Bonchev–Trinajstić information content (AvgIpc) is 3.44. The lowest BCUT2D eigenvalue weighted by molar-refractivity contribution is -0.111. The Morgan fingerprint density at radius 2 is 2.05 bits per heavy atom. The Balaban J connectivity index is 1.50. The summed E-state index contributed by atoms with van der Waals surface area (Å²) in [6.07, 6.45) is 2.69. The number of rotatable bonds is 10. The molecule has 12 nitrogen and oxygen atoms in total. The summed E-state index contributed by atoms with van der Waals surface area (Å²) < 4.78 is 16.2. The fourth-order valence-electron chi connectivity index (χ4n) is 4.20. The number of hydrogen-bond acceptors (Lipinski definition) is 10. The zero-order valence-electron chi connectivity index (χ0n) is 21.5. The lowest BCUT2D eigenvalue weighted by Gasteiger charge is -2.35. The van der Waals surface area contributed by atoms with Crippen LogP contribution in [0.15, 0.2) is 66.3 Å². The van der Waals surface area contributed by atoms with E-state index in [4.69, 9.17) is 19.2 Å². The standard InChI is InChI=1S/C27H27N7O5/c1-4-23(35)30-17-6-5-7-18(14-17)34-24-20(25(36)33-11-10-28-27(33)34)16-29-26(32-24)31-21-9-8-19(15-22(21)38-3)39-13-12-37-2/h4-9,14-16H,1,10-13H2,2-3H3,(H,30,35)(H,29,31,32). The van der Waals surface area contributed by atoms with Crippen molar-refractivity contribution in [1.82, 2.24) is 14.9 Å². The zero-order valence-corrected chi connectivity index (χ0v) is 21.5. The van der Waals surface area contributed by atoms with E-state index >= 15 is 0 Å². The van der Waals surface area contributed by atoms with Crippen LogP contribution in [-0.2, 0) is 9.53 Å². The third-order valence-electron chi connectivity index (χ3n) is 6.01. The van der Waals surface area contributed by atoms with Gasteiger partial charge in [-0.2, -0.15) is 4.98 Å². The van der Waals surface area contributed by atoms with Gasteiger partial charge >= 0.3 is 0 Å². The number of amides is 2. The van der Waals surface area contributed by atoms with Crippen LogP contribution >= 0.6 is 0 Å². The van der Waals surface area contributed by atoms with Crippen LogP contribution in [0.2, 0.25) is 0 Å². The number of ether oxygens (including phenoxy) is 3. The molecule has 0 atom stereocenters. The van der Waals surface area contributed by atoms with Crippen molar-refractivity contribution >= 4 is 46.6 Å². The second-order valence-corrected chi connectivity index (χ2v) is 8.48. The minimum atomic E-state index is -0.334. The first-order valence-electron chi connectivity index (χ1n) is 12.2. The number of guanidine groups is 1. The second kappa shape index (κ2) is 11.2. The van der Waals surface area contributed by atoms with Gasteiger partial charge in [-0.3, -0.25) is 24.4 Å². The number of carbonyl (C=O) groups excluding carboxylic acids is 2. The highest BCUT2D eigenvalue weighted by Gasteiger charge is 2.39. The summed E-state index contributed by atoms with van der Waals surface area (Å²) in [4.78, 5) is 42.2. The fourth-order valence-corrected chi connectivity index (χ4v) is 4.20. The van der Waals surface area contributed by atoms with Crippen LogP contribution in [-0.4, -0.2) is 73.2 Å². The van der Waals surface area contributed by atoms with Crippen LogP contribution in [0.1, 0.15) is 10.4 Å². The predicted octanol–water partition coefficient (Wildman–Crippen LogP) is 3.34. The first-order valence-corrected chi connectivity index (χ1v) is 12.2. The van der Waals surface area contributed by atoms with E-state index in [1.807, 2.05) is 6.07 Å². The van der Waals surface area contributed by atoms with E-state index in [2.05, 4.69) is 27.2 Å². The number of benzene rings is 2. The van der Waals surface area contributed by atoms with Gasteiger partial charge < -0.3 is 24.8 Å². The first-order chi connectivity index (χ1) is 19.0. The number of methoxy groups -OCH3 is 2. The van der Waals surface area contributed by atoms with Crippen LogP contribution in [0.5, 0.6) is 11.5 Å². The number of aromatic nitrogens is 2. The van der Waals surface area contributed by atoms with Gasteiger partial charge in [0.05, 0.1) is 31.6 Å². The third kappa shape index (κ3) is 5.22. The molecule has 2 aliphatic rings. The van der Waals surface area contributed by atoms with Gasteiger partial charge in [-0.1, -0.05) is 12.6 Å². The van der Waals surface area contributed by atoms with Crippen molar-refractivity contribution in [2.45, 2.75) is 0 Å². The summed E-state index contributed by atoms with van der Waals surface area (Å²) in [6, 6.07) is 12.5. The highest BCUT2D eigenvalue weighted by Crippen LogP contribution is 2.37. The monoisotopic (exact) mass is 529 g/mol. The third-order valence-corrected chi connectivity index (χ3v) is 6.01. The molecule has 2 aliphatic heterocycles. The van der Waals surface area contributed by atoms with Crippen molar-refractivity contribution in [3.63, 3.8) is 0 Å². The highest BCUT2D eigenvalue weighted by molar-refractivity contribution is 6.21. The summed E-state index contributed by atoms with van der Waals surface area (Å²) >= 11 is 0. The van der Waals surface area contributed by atoms with E-state index < -0.39 is 0 Å². The van der Waals surface area contributed by atoms with Gasteiger partial charge in [-0.15, -0.1) is 0 Å². The Hall–Kier alpha value is -4.97. The molecule has 0 bridgehead atoms. The summed E-state index contributed by atoms with van der Waals surface area (Å²) in [5, 5.41) is 5.93. The van der Waals surface area contributed by atoms with Crippen LogP contribution < -0.4 is 25.0 Å². The quantitative estimate of drug-likeness (QED) is 0.300. The number of carbonyl (C=O) groups is 2. The van der Waals surface area contributed by atoms with Gasteiger partial charge in [-0.05, 0) is 36.4 Å². The largest absolute Gasteiger partial charge is 0.494 e. The number of nitrogens with one attached hydrogen (secondary N) is 2. The molecule has 0 unspecified atom stereocenters. The first kappa shape index (κ1) is 25.7. The second-order valence-electron chi connectivity index (χ2n) is 8.48. The van der Waals surface area contributed by atoms with Crippen molar-refractivity contribution in [3.05, 3.63) is 66.9 Å². The summed E-state index contributed by atoms with van der Waals surface area (Å²) in [5.41, 5.74) is 2.16. The Labute approximate surface area is 224 Å². The average molecular weight is 530 g/mol. The molecular weight excluding hydrogens is 502 g/mol. The van der Waals surface area contributed by atoms with Crippen molar-refractivity contribution in [2.75, 3.05) is 56.1 Å². The van der Waals surface area contributed by atoms with Crippen molar-refractivity contribution in [3.8, 4) is 11.5 Å². The fraction of sp³-hybridized carbons (Fsp3) is 0.222. The lowest BCUT2D eigenvalue weighted by Crippen LogP contribution is -2.48. The topological polar surface area (TPSA) is 131 Å². The highest BCUT2D eigenvalue weighted by atomic mass is 16.5. The molecule has 0 spiro atoms. The van der Waals surface area contributed by atoms with E-state index in [-0.39, 0.29) is 17.8 Å². The smallest absolute Gasteiger partial charge is 0.266 e. The molecule has 2 N–H and O–H groups in total. The van der Waals surface area contributed by atoms with E-state index in [1.165, 1.54) is 12.3 Å². The summed E-state index contributed by atoms with van der Waals surface area (Å²) in [7, 11) is 3.16. The molecule has 200 valence electrons. The predicted molar refractivity (Wildman–Crippen MR) is 146 cm³/mol. The Bertz CT molecular complexity index is 1460. The van der Waals surface area contributed by atoms with Gasteiger partial charge in [0.15, 0.2) is 5.82 Å². The maximum Gasteiger partial charge on any atom is 0.266 e. The van der Waals surface area contributed by atoms with Gasteiger partial charge in [0.25, 0.3) is 5.91 Å². The van der Waals surface area contributed by atoms with Crippen LogP contribution in [0, 0.1) is 0 Å². The number of fused-ring (bicyclic) bond motifs is 2. The van der Waals surface area contributed by atoms with E-state index in [9.17, 15) is 9.59 Å². The zero-order chi connectivity index (χ0) is 27.4. The molecule has 2 aromatic carbocycles. The Morgan fingerprint density at radius 3 is 2.85 bits per heavy atom. The lowest BCUT2D eigenvalue weighted by atomic mass is 10.1. The Kier molecular flexibility index (Phi) is 7.37. The molecule has 0 saturated carbocycles. The van der Waals surface area contributed by atoms with Crippen LogP contribution in [0.4, 0.5) is 28.8 Å². The summed E-state index contributed by atoms with van der Waals surface area (Å²) in [6.45, 7) is 5.29. The molecule has 0 radical (unpaired) electrons. The number of nitrogens with zero attached hydrogens (tertiary/aromatic N) is 5. The maximum absolute atomic E-state index is 13.2. The minimum absolute atomic E-state index is 0.227. The molecule has 3 heterocycles. The molecule has 0 saturated heterocycles. The van der Waals surface area contributed by atoms with Crippen LogP contribution in [0.25, 0.3) is 0 Å². The van der Waals surface area contributed by atoms with Gasteiger partial charge in [0.1, 0.15) is 23.7 Å². The molecule has 1 aromatic heterocycles. The van der Waals surface area contributed by atoms with Crippen molar-refractivity contribution < 1.29 is 23.8 Å². The maximum atomic E-state index is 13.2. The van der Waals surface area contributed by atoms with Gasteiger partial charge in [-0.25, -0.2) is 4.98 Å². The van der Waals surface area contributed by atoms with E-state index in [0.29, 0.717) is 72.2 Å². The molecule has 5 rings (SSSR count). The molecule has 3 aromatic rings. The van der Waals surface area contributed by atoms with E-state index in [1.54, 1.807) is 60.4 Å².